The van der Waals surface area contributed by atoms with E-state index in [1.807, 2.05) is 48.2 Å². The number of likely N-dealkylation sites (N-methyl/N-ethyl adjacent to an activating group) is 1. The lowest BCUT2D eigenvalue weighted by molar-refractivity contribution is -0.118. The van der Waals surface area contributed by atoms with Gasteiger partial charge in [-0.25, -0.2) is 0 Å². The Morgan fingerprint density at radius 3 is 2.12 bits per heavy atom. The third kappa shape index (κ3) is 6.52. The lowest BCUT2D eigenvalue weighted by Gasteiger charge is -2.31. The number of nitrogens with zero attached hydrogens (tertiary/aromatic N) is 2. The van der Waals surface area contributed by atoms with E-state index in [2.05, 4.69) is 43.1 Å². The smallest absolute Gasteiger partial charge is 0.226 e. The number of benzene rings is 2. The van der Waals surface area contributed by atoms with Gasteiger partial charge < -0.3 is 9.80 Å². The maximum absolute atomic E-state index is 12.4. The summed E-state index contributed by atoms with van der Waals surface area (Å²) in [6.45, 7) is 5.79. The normalized spacial score (nSPS) is 11.7. The van der Waals surface area contributed by atoms with Gasteiger partial charge in [-0.2, -0.15) is 0 Å². The Morgan fingerprint density at radius 2 is 1.56 bits per heavy atom. The van der Waals surface area contributed by atoms with Crippen molar-refractivity contribution in [3.05, 3.63) is 66.2 Å². The monoisotopic (exact) mass is 360 g/mol. The van der Waals surface area contributed by atoms with Crippen LogP contribution in [-0.2, 0) is 11.2 Å². The van der Waals surface area contributed by atoms with Gasteiger partial charge in [-0.05, 0) is 38.1 Å². The minimum absolute atomic E-state index is 0. The molecule has 0 aliphatic carbocycles. The van der Waals surface area contributed by atoms with Gasteiger partial charge in [0.25, 0.3) is 0 Å². The predicted molar refractivity (Wildman–Crippen MR) is 109 cm³/mol. The van der Waals surface area contributed by atoms with E-state index in [0.29, 0.717) is 19.0 Å². The number of para-hydroxylation sites is 1. The Bertz CT molecular complexity index is 618. The van der Waals surface area contributed by atoms with Crippen LogP contribution in [0.1, 0.15) is 25.8 Å². The minimum Gasteiger partial charge on any atom is -0.311 e. The highest BCUT2D eigenvalue weighted by Crippen LogP contribution is 2.16. The van der Waals surface area contributed by atoms with Crippen molar-refractivity contribution in [1.82, 2.24) is 4.90 Å². The fourth-order valence-corrected chi connectivity index (χ4v) is 2.72. The molecule has 2 aromatic rings. The first-order chi connectivity index (χ1) is 11.6. The average Bonchev–Trinajstić information content (AvgIpc) is 2.64. The third-order valence-corrected chi connectivity index (χ3v) is 4.47. The molecular weight excluding hydrogens is 332 g/mol. The quantitative estimate of drug-likeness (QED) is 0.696. The Kier molecular flexibility index (Phi) is 9.25. The summed E-state index contributed by atoms with van der Waals surface area (Å²) in [5, 5.41) is 0. The number of hydrogen-bond donors (Lipinski definition) is 0. The van der Waals surface area contributed by atoms with Gasteiger partial charge in [-0.3, -0.25) is 4.79 Å². The molecule has 0 N–H and O–H groups in total. The van der Waals surface area contributed by atoms with Crippen molar-refractivity contribution in [3.8, 4) is 0 Å². The van der Waals surface area contributed by atoms with Gasteiger partial charge in [0, 0.05) is 31.2 Å². The van der Waals surface area contributed by atoms with Gasteiger partial charge >= 0.3 is 0 Å². The molecule has 4 heteroatoms. The summed E-state index contributed by atoms with van der Waals surface area (Å²) >= 11 is 0. The second kappa shape index (κ2) is 10.9. The number of carbonyl (C=O) groups excluding carboxylic acids is 1. The van der Waals surface area contributed by atoms with Gasteiger partial charge in [-0.1, -0.05) is 55.5 Å². The highest BCUT2D eigenvalue weighted by molar-refractivity contribution is 5.93. The van der Waals surface area contributed by atoms with E-state index in [4.69, 9.17) is 0 Å². The zero-order valence-electron chi connectivity index (χ0n) is 15.4. The molecule has 0 aliphatic heterocycles. The van der Waals surface area contributed by atoms with E-state index in [-0.39, 0.29) is 18.3 Å². The first kappa shape index (κ1) is 21.2. The number of halogens is 1. The van der Waals surface area contributed by atoms with Crippen LogP contribution in [-0.4, -0.2) is 37.0 Å². The standard InChI is InChI=1S/C21H28N2O.ClH/c1-4-21(24)23(20-13-9-6-10-14-20)17-18(2)22(3)16-15-19-11-7-5-8-12-19;/h5-14,18H,4,15-17H2,1-3H3;1H. The molecule has 2 rings (SSSR count). The van der Waals surface area contributed by atoms with Gasteiger partial charge in [0.05, 0.1) is 0 Å². The van der Waals surface area contributed by atoms with Crippen LogP contribution in [0.25, 0.3) is 0 Å². The van der Waals surface area contributed by atoms with Gasteiger partial charge in [0.15, 0.2) is 0 Å². The van der Waals surface area contributed by atoms with Crippen LogP contribution in [0, 0.1) is 0 Å². The van der Waals surface area contributed by atoms with Crippen molar-refractivity contribution in [3.63, 3.8) is 0 Å². The molecule has 1 amide bonds. The fraction of sp³-hybridized carbons (Fsp3) is 0.381. The zero-order valence-corrected chi connectivity index (χ0v) is 16.2. The Morgan fingerprint density at radius 1 is 1.00 bits per heavy atom. The second-order valence-corrected chi connectivity index (χ2v) is 6.26. The van der Waals surface area contributed by atoms with E-state index in [1.165, 1.54) is 5.56 Å². The summed E-state index contributed by atoms with van der Waals surface area (Å²) in [5.74, 6) is 0.171. The lowest BCUT2D eigenvalue weighted by atomic mass is 10.1. The first-order valence-corrected chi connectivity index (χ1v) is 8.71. The van der Waals surface area contributed by atoms with Gasteiger partial charge in [-0.15, -0.1) is 12.4 Å². The van der Waals surface area contributed by atoms with Crippen LogP contribution in [0.15, 0.2) is 60.7 Å². The molecular formula is C21H29ClN2O. The molecule has 0 saturated carbocycles. The molecule has 0 saturated heterocycles. The summed E-state index contributed by atoms with van der Waals surface area (Å²) in [6, 6.07) is 20.8. The highest BCUT2D eigenvalue weighted by atomic mass is 35.5. The van der Waals surface area contributed by atoms with E-state index in [1.54, 1.807) is 0 Å². The number of carbonyl (C=O) groups is 1. The fourth-order valence-electron chi connectivity index (χ4n) is 2.72. The van der Waals surface area contributed by atoms with Gasteiger partial charge in [0.2, 0.25) is 5.91 Å². The molecule has 3 nitrogen and oxygen atoms in total. The highest BCUT2D eigenvalue weighted by Gasteiger charge is 2.19. The SMILES string of the molecule is CCC(=O)N(CC(C)N(C)CCc1ccccc1)c1ccccc1.Cl. The van der Waals surface area contributed by atoms with Crippen LogP contribution in [0.3, 0.4) is 0 Å². The van der Waals surface area contributed by atoms with Crippen LogP contribution < -0.4 is 4.90 Å². The van der Waals surface area contributed by atoms with Crippen molar-refractivity contribution in [1.29, 1.82) is 0 Å². The predicted octanol–water partition coefficient (Wildman–Crippen LogP) is 4.41. The van der Waals surface area contributed by atoms with Crippen LogP contribution in [0.2, 0.25) is 0 Å². The molecule has 0 bridgehead atoms. The zero-order chi connectivity index (χ0) is 17.4. The molecule has 0 fully saturated rings. The summed E-state index contributed by atoms with van der Waals surface area (Å²) < 4.78 is 0. The number of rotatable bonds is 8. The molecule has 1 atom stereocenters. The molecule has 0 radical (unpaired) electrons. The van der Waals surface area contributed by atoms with Crippen molar-refractivity contribution < 1.29 is 4.79 Å². The van der Waals surface area contributed by atoms with E-state index in [9.17, 15) is 4.79 Å². The largest absolute Gasteiger partial charge is 0.311 e. The molecule has 0 heterocycles. The number of anilines is 1. The lowest BCUT2D eigenvalue weighted by Crippen LogP contribution is -2.43. The molecule has 0 aromatic heterocycles. The summed E-state index contributed by atoms with van der Waals surface area (Å²) in [6.07, 6.45) is 1.55. The first-order valence-electron chi connectivity index (χ1n) is 8.71. The van der Waals surface area contributed by atoms with Crippen molar-refractivity contribution >= 4 is 24.0 Å². The molecule has 136 valence electrons. The molecule has 1 unspecified atom stereocenters. The molecule has 25 heavy (non-hydrogen) atoms. The minimum atomic E-state index is 0. The second-order valence-electron chi connectivity index (χ2n) is 6.26. The Labute approximate surface area is 158 Å². The third-order valence-electron chi connectivity index (χ3n) is 4.47. The van der Waals surface area contributed by atoms with E-state index >= 15 is 0 Å². The van der Waals surface area contributed by atoms with Crippen molar-refractivity contribution in [2.45, 2.75) is 32.7 Å². The summed E-state index contributed by atoms with van der Waals surface area (Å²) in [4.78, 5) is 16.6. The Balaban J connectivity index is 0.00000312. The van der Waals surface area contributed by atoms with Gasteiger partial charge in [0.1, 0.15) is 0 Å². The van der Waals surface area contributed by atoms with E-state index < -0.39 is 0 Å². The summed E-state index contributed by atoms with van der Waals surface area (Å²) in [5.41, 5.74) is 2.33. The Hall–Kier alpha value is -1.84. The van der Waals surface area contributed by atoms with E-state index in [0.717, 1.165) is 18.7 Å². The average molecular weight is 361 g/mol. The molecule has 2 aromatic carbocycles. The maximum atomic E-state index is 12.4. The topological polar surface area (TPSA) is 23.6 Å². The van der Waals surface area contributed by atoms with Crippen molar-refractivity contribution in [2.75, 3.05) is 25.0 Å². The number of amides is 1. The number of hydrogen-bond acceptors (Lipinski definition) is 2. The maximum Gasteiger partial charge on any atom is 0.226 e. The molecule has 0 spiro atoms. The van der Waals surface area contributed by atoms with Crippen LogP contribution in [0.5, 0.6) is 0 Å². The van der Waals surface area contributed by atoms with Crippen LogP contribution in [0.4, 0.5) is 5.69 Å². The van der Waals surface area contributed by atoms with Crippen molar-refractivity contribution in [2.24, 2.45) is 0 Å². The molecule has 0 aliphatic rings. The van der Waals surface area contributed by atoms with Crippen LogP contribution >= 0.6 is 12.4 Å². The summed E-state index contributed by atoms with van der Waals surface area (Å²) in [7, 11) is 2.13.